The maximum atomic E-state index is 12.4. The minimum absolute atomic E-state index is 0.101. The minimum Gasteiger partial charge on any atom is -0.340 e. The second-order valence-corrected chi connectivity index (χ2v) is 7.66. The zero-order chi connectivity index (χ0) is 19.9. The van der Waals surface area contributed by atoms with Crippen molar-refractivity contribution in [3.8, 4) is 0 Å². The smallest absolute Gasteiger partial charge is 0.238 e. The number of hydrogen-bond donors (Lipinski definition) is 1. The Morgan fingerprint density at radius 3 is 2.29 bits per heavy atom. The van der Waals surface area contributed by atoms with Gasteiger partial charge < -0.3 is 10.2 Å². The van der Waals surface area contributed by atoms with E-state index in [4.69, 9.17) is 23.2 Å². The van der Waals surface area contributed by atoms with Crippen LogP contribution in [0.1, 0.15) is 12.0 Å². The van der Waals surface area contributed by atoms with Gasteiger partial charge in [0.1, 0.15) is 0 Å². The molecule has 2 aromatic rings. The Kier molecular flexibility index (Phi) is 7.31. The van der Waals surface area contributed by atoms with Crippen molar-refractivity contribution >= 4 is 40.7 Å². The molecule has 2 amide bonds. The van der Waals surface area contributed by atoms with Gasteiger partial charge in [0.15, 0.2) is 0 Å². The number of rotatable bonds is 6. The molecule has 1 N–H and O–H groups in total. The average Bonchev–Trinajstić information content (AvgIpc) is 2.69. The number of carbonyl (C=O) groups excluding carboxylic acids is 2. The maximum absolute atomic E-state index is 12.4. The van der Waals surface area contributed by atoms with Gasteiger partial charge in [0, 0.05) is 37.6 Å². The number of para-hydroxylation sites is 1. The summed E-state index contributed by atoms with van der Waals surface area (Å²) in [5.41, 5.74) is 1.72. The molecule has 0 spiro atoms. The zero-order valence-corrected chi connectivity index (χ0v) is 17.0. The second-order valence-electron chi connectivity index (χ2n) is 6.81. The highest BCUT2D eigenvalue weighted by atomic mass is 35.5. The van der Waals surface area contributed by atoms with E-state index in [2.05, 4.69) is 10.2 Å². The van der Waals surface area contributed by atoms with Crippen molar-refractivity contribution in [3.05, 3.63) is 64.1 Å². The van der Waals surface area contributed by atoms with Gasteiger partial charge in [-0.05, 0) is 36.2 Å². The number of aryl methyl sites for hydroxylation is 1. The summed E-state index contributed by atoms with van der Waals surface area (Å²) in [6.45, 7) is 2.93. The number of hydrogen-bond acceptors (Lipinski definition) is 3. The lowest BCUT2D eigenvalue weighted by Gasteiger charge is -2.34. The zero-order valence-electron chi connectivity index (χ0n) is 15.5. The Bertz CT molecular complexity index is 819. The van der Waals surface area contributed by atoms with Crippen molar-refractivity contribution in [2.24, 2.45) is 0 Å². The lowest BCUT2D eigenvalue weighted by Crippen LogP contribution is -2.50. The summed E-state index contributed by atoms with van der Waals surface area (Å²) in [7, 11) is 0. The van der Waals surface area contributed by atoms with Gasteiger partial charge in [0.05, 0.1) is 17.3 Å². The first kappa shape index (κ1) is 20.6. The highest BCUT2D eigenvalue weighted by molar-refractivity contribution is 6.33. The summed E-state index contributed by atoms with van der Waals surface area (Å²) in [6, 6.07) is 14.7. The monoisotopic (exact) mass is 419 g/mol. The predicted octanol–water partition coefficient (Wildman–Crippen LogP) is 3.71. The first-order chi connectivity index (χ1) is 13.5. The van der Waals surface area contributed by atoms with Crippen LogP contribution in [0, 0.1) is 0 Å². The van der Waals surface area contributed by atoms with Crippen LogP contribution in [0.2, 0.25) is 10.0 Å². The lowest BCUT2D eigenvalue weighted by atomic mass is 10.1. The third kappa shape index (κ3) is 5.96. The second kappa shape index (κ2) is 9.92. The van der Waals surface area contributed by atoms with Gasteiger partial charge in [-0.25, -0.2) is 0 Å². The summed E-state index contributed by atoms with van der Waals surface area (Å²) < 4.78 is 0. The first-order valence-corrected chi connectivity index (χ1v) is 10.1. The summed E-state index contributed by atoms with van der Waals surface area (Å²) in [6.07, 6.45) is 1.19. The molecular weight excluding hydrogens is 397 g/mol. The number of benzene rings is 2. The number of amides is 2. The molecule has 3 rings (SSSR count). The van der Waals surface area contributed by atoms with E-state index >= 15 is 0 Å². The molecule has 0 aromatic heterocycles. The van der Waals surface area contributed by atoms with E-state index in [0.29, 0.717) is 54.8 Å². The SMILES string of the molecule is O=C(CN1CCN(C(=O)CCc2ccc(Cl)cc2)CC1)Nc1ccccc1Cl. The Labute approximate surface area is 175 Å². The van der Waals surface area contributed by atoms with Crippen LogP contribution in [0.15, 0.2) is 48.5 Å². The fourth-order valence-electron chi connectivity index (χ4n) is 3.17. The number of nitrogens with one attached hydrogen (secondary N) is 1. The third-order valence-electron chi connectivity index (χ3n) is 4.78. The van der Waals surface area contributed by atoms with Gasteiger partial charge in [0.25, 0.3) is 0 Å². The lowest BCUT2D eigenvalue weighted by molar-refractivity contribution is -0.133. The van der Waals surface area contributed by atoms with Crippen LogP contribution in [0.25, 0.3) is 0 Å². The molecule has 1 aliphatic heterocycles. The van der Waals surface area contributed by atoms with Crippen molar-refractivity contribution in [2.75, 3.05) is 38.0 Å². The summed E-state index contributed by atoms with van der Waals surface area (Å²) >= 11 is 12.0. The fraction of sp³-hybridized carbons (Fsp3) is 0.333. The molecule has 1 saturated heterocycles. The van der Waals surface area contributed by atoms with Crippen LogP contribution < -0.4 is 5.32 Å². The summed E-state index contributed by atoms with van der Waals surface area (Å²) in [4.78, 5) is 28.6. The first-order valence-electron chi connectivity index (χ1n) is 9.30. The topological polar surface area (TPSA) is 52.7 Å². The molecule has 1 heterocycles. The molecular formula is C21H23Cl2N3O2. The molecule has 1 fully saturated rings. The van der Waals surface area contributed by atoms with Gasteiger partial charge in [-0.1, -0.05) is 47.5 Å². The fourth-order valence-corrected chi connectivity index (χ4v) is 3.48. The van der Waals surface area contributed by atoms with Gasteiger partial charge in [0.2, 0.25) is 11.8 Å². The molecule has 0 radical (unpaired) electrons. The maximum Gasteiger partial charge on any atom is 0.238 e. The largest absolute Gasteiger partial charge is 0.340 e. The van der Waals surface area contributed by atoms with Crippen LogP contribution in [0.4, 0.5) is 5.69 Å². The van der Waals surface area contributed by atoms with E-state index in [1.165, 1.54) is 0 Å². The van der Waals surface area contributed by atoms with Gasteiger partial charge in [-0.15, -0.1) is 0 Å². The van der Waals surface area contributed by atoms with E-state index < -0.39 is 0 Å². The van der Waals surface area contributed by atoms with Crippen LogP contribution in [0.5, 0.6) is 0 Å². The van der Waals surface area contributed by atoms with E-state index in [-0.39, 0.29) is 18.4 Å². The van der Waals surface area contributed by atoms with Crippen LogP contribution >= 0.6 is 23.2 Å². The molecule has 0 aliphatic carbocycles. The Morgan fingerprint density at radius 1 is 0.929 bits per heavy atom. The highest BCUT2D eigenvalue weighted by Gasteiger charge is 2.22. The van der Waals surface area contributed by atoms with Crippen LogP contribution in [-0.4, -0.2) is 54.3 Å². The van der Waals surface area contributed by atoms with Gasteiger partial charge in [-0.3, -0.25) is 14.5 Å². The van der Waals surface area contributed by atoms with Crippen molar-refractivity contribution < 1.29 is 9.59 Å². The summed E-state index contributed by atoms with van der Waals surface area (Å²) in [5, 5.41) is 4.05. The molecule has 2 aromatic carbocycles. The predicted molar refractivity (Wildman–Crippen MR) is 113 cm³/mol. The molecule has 0 atom stereocenters. The molecule has 5 nitrogen and oxygen atoms in total. The average molecular weight is 420 g/mol. The van der Waals surface area contributed by atoms with Crippen molar-refractivity contribution in [1.29, 1.82) is 0 Å². The normalized spacial score (nSPS) is 14.7. The van der Waals surface area contributed by atoms with E-state index in [9.17, 15) is 9.59 Å². The number of anilines is 1. The summed E-state index contributed by atoms with van der Waals surface area (Å²) in [5.74, 6) is 0.0470. The van der Waals surface area contributed by atoms with Gasteiger partial charge >= 0.3 is 0 Å². The van der Waals surface area contributed by atoms with Crippen molar-refractivity contribution in [3.63, 3.8) is 0 Å². The molecule has 0 unspecified atom stereocenters. The number of nitrogens with zero attached hydrogens (tertiary/aromatic N) is 2. The van der Waals surface area contributed by atoms with Gasteiger partial charge in [-0.2, -0.15) is 0 Å². The number of halogens is 2. The number of carbonyl (C=O) groups is 2. The van der Waals surface area contributed by atoms with Crippen molar-refractivity contribution in [1.82, 2.24) is 9.80 Å². The van der Waals surface area contributed by atoms with Crippen molar-refractivity contribution in [2.45, 2.75) is 12.8 Å². The van der Waals surface area contributed by atoms with E-state index in [0.717, 1.165) is 5.56 Å². The number of piperazine rings is 1. The quantitative estimate of drug-likeness (QED) is 0.776. The molecule has 1 aliphatic rings. The Morgan fingerprint density at radius 2 is 1.61 bits per heavy atom. The van der Waals surface area contributed by atoms with Crippen LogP contribution in [-0.2, 0) is 16.0 Å². The molecule has 0 bridgehead atoms. The highest BCUT2D eigenvalue weighted by Crippen LogP contribution is 2.20. The third-order valence-corrected chi connectivity index (χ3v) is 5.36. The molecule has 0 saturated carbocycles. The standard InChI is InChI=1S/C21H23Cl2N3O2/c22-17-8-5-16(6-9-17)7-10-21(28)26-13-11-25(12-14-26)15-20(27)24-19-4-2-1-3-18(19)23/h1-6,8-9H,7,10-15H2,(H,24,27). The Hall–Kier alpha value is -2.08. The van der Waals surface area contributed by atoms with Crippen LogP contribution in [0.3, 0.4) is 0 Å². The van der Waals surface area contributed by atoms with E-state index in [1.54, 1.807) is 12.1 Å². The Balaban J connectivity index is 1.40. The molecule has 148 valence electrons. The molecule has 7 heteroatoms. The minimum atomic E-state index is -0.101. The molecule has 28 heavy (non-hydrogen) atoms. The van der Waals surface area contributed by atoms with E-state index in [1.807, 2.05) is 41.3 Å².